The monoisotopic (exact) mass is 218 g/mol. The van der Waals surface area contributed by atoms with Crippen LogP contribution in [0.15, 0.2) is 0 Å². The maximum Gasteiger partial charge on any atom is 0.199 e. The van der Waals surface area contributed by atoms with Crippen LogP contribution in [0.3, 0.4) is 0 Å². The predicted octanol–water partition coefficient (Wildman–Crippen LogP) is 1.58. The molecule has 0 fully saturated rings. The van der Waals surface area contributed by atoms with Gasteiger partial charge in [-0.2, -0.15) is 0 Å². The van der Waals surface area contributed by atoms with Gasteiger partial charge < -0.3 is 9.47 Å². The summed E-state index contributed by atoms with van der Waals surface area (Å²) in [7, 11) is 0. The lowest BCUT2D eigenvalue weighted by atomic mass is 9.93. The van der Waals surface area contributed by atoms with Crippen LogP contribution in [0.1, 0.15) is 47.0 Å². The molecule has 0 radical (unpaired) electrons. The molecule has 0 spiro atoms. The van der Waals surface area contributed by atoms with E-state index in [2.05, 4.69) is 6.92 Å². The van der Waals surface area contributed by atoms with E-state index in [1.54, 1.807) is 0 Å². The second-order valence-corrected chi connectivity index (χ2v) is 3.99. The highest BCUT2D eigenvalue weighted by atomic mass is 16.6. The van der Waals surface area contributed by atoms with E-state index in [0.717, 1.165) is 19.3 Å². The smallest absolute Gasteiger partial charge is 0.199 e. The van der Waals surface area contributed by atoms with E-state index in [-0.39, 0.29) is 0 Å². The number of hydrogen-bond donors (Lipinski definition) is 2. The molecule has 4 heteroatoms. The third-order valence-electron chi connectivity index (χ3n) is 2.68. The van der Waals surface area contributed by atoms with Crippen LogP contribution in [0.4, 0.5) is 0 Å². The lowest BCUT2D eigenvalue weighted by Gasteiger charge is -2.42. The zero-order valence-electron chi connectivity index (χ0n) is 10.5. The second-order valence-electron chi connectivity index (χ2n) is 3.99. The molecule has 0 rings (SSSR count). The van der Waals surface area contributed by atoms with Gasteiger partial charge in [0.1, 0.15) is 5.60 Å². The minimum atomic E-state index is -1.22. The summed E-state index contributed by atoms with van der Waals surface area (Å²) in [5, 5.41) is 0. The average molecular weight is 218 g/mol. The van der Waals surface area contributed by atoms with E-state index in [4.69, 9.17) is 20.9 Å². The zero-order chi connectivity index (χ0) is 11.9. The van der Waals surface area contributed by atoms with Gasteiger partial charge in [-0.15, -0.1) is 0 Å². The van der Waals surface area contributed by atoms with Crippen molar-refractivity contribution in [2.45, 2.75) is 58.4 Å². The van der Waals surface area contributed by atoms with Crippen LogP contribution in [0.5, 0.6) is 0 Å². The van der Waals surface area contributed by atoms with Gasteiger partial charge in [0.15, 0.2) is 5.85 Å². The highest BCUT2D eigenvalue weighted by Crippen LogP contribution is 2.27. The van der Waals surface area contributed by atoms with Crippen LogP contribution in [-0.4, -0.2) is 24.7 Å². The lowest BCUT2D eigenvalue weighted by molar-refractivity contribution is -0.197. The summed E-state index contributed by atoms with van der Waals surface area (Å²) in [4.78, 5) is 0. The fourth-order valence-electron chi connectivity index (χ4n) is 1.60. The Kier molecular flexibility index (Phi) is 6.36. The fraction of sp³-hybridized carbons (Fsp3) is 1.00. The second kappa shape index (κ2) is 6.43. The maximum absolute atomic E-state index is 5.96. The highest BCUT2D eigenvalue weighted by molar-refractivity contribution is 4.91. The van der Waals surface area contributed by atoms with Crippen LogP contribution in [0.25, 0.3) is 0 Å². The van der Waals surface area contributed by atoms with Gasteiger partial charge in [-0.1, -0.05) is 19.8 Å². The van der Waals surface area contributed by atoms with Crippen molar-refractivity contribution in [2.75, 3.05) is 13.2 Å². The van der Waals surface area contributed by atoms with Crippen LogP contribution < -0.4 is 11.5 Å². The number of unbranched alkanes of at least 4 members (excludes halogenated alkanes) is 1. The molecule has 0 aromatic rings. The lowest BCUT2D eigenvalue weighted by Crippen LogP contribution is -2.68. The van der Waals surface area contributed by atoms with Crippen molar-refractivity contribution in [1.82, 2.24) is 0 Å². The van der Waals surface area contributed by atoms with E-state index >= 15 is 0 Å². The summed E-state index contributed by atoms with van der Waals surface area (Å²) in [6, 6.07) is 0. The van der Waals surface area contributed by atoms with Gasteiger partial charge in [0, 0.05) is 13.2 Å². The third-order valence-corrected chi connectivity index (χ3v) is 2.68. The van der Waals surface area contributed by atoms with Gasteiger partial charge in [-0.25, -0.2) is 0 Å². The van der Waals surface area contributed by atoms with Crippen molar-refractivity contribution in [1.29, 1.82) is 0 Å². The molecule has 0 aliphatic rings. The largest absolute Gasteiger partial charge is 0.370 e. The van der Waals surface area contributed by atoms with E-state index in [1.807, 2.05) is 20.8 Å². The van der Waals surface area contributed by atoms with Crippen LogP contribution in [0, 0.1) is 0 Å². The topological polar surface area (TPSA) is 70.5 Å². The minimum absolute atomic E-state index is 0.488. The first-order valence-electron chi connectivity index (χ1n) is 5.79. The Balaban J connectivity index is 4.58. The number of rotatable bonds is 8. The summed E-state index contributed by atoms with van der Waals surface area (Å²) in [6.07, 6.45) is 2.93. The molecule has 0 aliphatic carbocycles. The van der Waals surface area contributed by atoms with Gasteiger partial charge in [0.25, 0.3) is 0 Å². The minimum Gasteiger partial charge on any atom is -0.370 e. The predicted molar refractivity (Wildman–Crippen MR) is 62.3 cm³/mol. The quantitative estimate of drug-likeness (QED) is 0.607. The normalized spacial score (nSPS) is 16.4. The summed E-state index contributed by atoms with van der Waals surface area (Å²) < 4.78 is 11.0. The highest BCUT2D eigenvalue weighted by Gasteiger charge is 2.43. The van der Waals surface area contributed by atoms with E-state index < -0.39 is 11.4 Å². The van der Waals surface area contributed by atoms with Gasteiger partial charge in [0.2, 0.25) is 0 Å². The Morgan fingerprint density at radius 3 is 1.93 bits per heavy atom. The van der Waals surface area contributed by atoms with Crippen molar-refractivity contribution in [3.05, 3.63) is 0 Å². The van der Waals surface area contributed by atoms with Gasteiger partial charge in [-0.3, -0.25) is 11.5 Å². The number of nitrogens with two attached hydrogens (primary N) is 2. The molecular weight excluding hydrogens is 192 g/mol. The maximum atomic E-state index is 5.96. The first-order valence-corrected chi connectivity index (χ1v) is 5.79. The first-order chi connectivity index (χ1) is 6.93. The average Bonchev–Trinajstić information content (AvgIpc) is 2.15. The van der Waals surface area contributed by atoms with Crippen molar-refractivity contribution in [3.63, 3.8) is 0 Å². The molecule has 92 valence electrons. The molecule has 4 N–H and O–H groups in total. The summed E-state index contributed by atoms with van der Waals surface area (Å²) in [6.45, 7) is 8.93. The van der Waals surface area contributed by atoms with Crippen molar-refractivity contribution < 1.29 is 9.47 Å². The Morgan fingerprint density at radius 2 is 1.53 bits per heavy atom. The molecule has 0 heterocycles. The molecule has 4 nitrogen and oxygen atoms in total. The molecule has 0 aromatic heterocycles. The standard InChI is InChI=1S/C11H26N2O2/c1-5-8-9-10(4,14-6-2)11(12,13)15-7-3/h5-9,12-13H2,1-4H3. The SMILES string of the molecule is CCCCC(C)(OCC)C(N)(N)OCC. The first kappa shape index (κ1) is 14.8. The number of ether oxygens (including phenoxy) is 2. The molecule has 1 unspecified atom stereocenters. The van der Waals surface area contributed by atoms with Crippen molar-refractivity contribution in [2.24, 2.45) is 11.5 Å². The van der Waals surface area contributed by atoms with E-state index in [9.17, 15) is 0 Å². The van der Waals surface area contributed by atoms with Crippen molar-refractivity contribution >= 4 is 0 Å². The summed E-state index contributed by atoms with van der Waals surface area (Å²) in [5.74, 6) is -1.22. The van der Waals surface area contributed by atoms with Crippen LogP contribution in [-0.2, 0) is 9.47 Å². The zero-order valence-corrected chi connectivity index (χ0v) is 10.5. The van der Waals surface area contributed by atoms with E-state index in [1.165, 1.54) is 0 Å². The molecule has 0 amide bonds. The Morgan fingerprint density at radius 1 is 1.00 bits per heavy atom. The van der Waals surface area contributed by atoms with Crippen molar-refractivity contribution in [3.8, 4) is 0 Å². The molecule has 0 bridgehead atoms. The molecule has 0 saturated carbocycles. The third kappa shape index (κ3) is 4.07. The molecular formula is C11H26N2O2. The molecule has 0 aromatic carbocycles. The van der Waals surface area contributed by atoms with Crippen LogP contribution >= 0.6 is 0 Å². The Hall–Kier alpha value is -0.160. The fourth-order valence-corrected chi connectivity index (χ4v) is 1.60. The van der Waals surface area contributed by atoms with E-state index in [0.29, 0.717) is 13.2 Å². The summed E-state index contributed by atoms with van der Waals surface area (Å²) in [5.41, 5.74) is 11.3. The summed E-state index contributed by atoms with van der Waals surface area (Å²) >= 11 is 0. The Labute approximate surface area is 93.3 Å². The molecule has 0 saturated heterocycles. The van der Waals surface area contributed by atoms with Gasteiger partial charge in [0.05, 0.1) is 0 Å². The number of hydrogen-bond acceptors (Lipinski definition) is 4. The Bertz CT molecular complexity index is 174. The van der Waals surface area contributed by atoms with Crippen LogP contribution in [0.2, 0.25) is 0 Å². The van der Waals surface area contributed by atoms with Gasteiger partial charge >= 0.3 is 0 Å². The molecule has 1 atom stereocenters. The molecule has 15 heavy (non-hydrogen) atoms. The molecule has 0 aliphatic heterocycles. The van der Waals surface area contributed by atoms with Gasteiger partial charge in [-0.05, 0) is 27.2 Å².